The van der Waals surface area contributed by atoms with Gasteiger partial charge in [-0.3, -0.25) is 5.10 Å². The molecule has 1 N–H and O–H groups in total. The van der Waals surface area contributed by atoms with E-state index < -0.39 is 0 Å². The Labute approximate surface area is 48.1 Å². The van der Waals surface area contributed by atoms with Crippen molar-refractivity contribution < 1.29 is 0 Å². The van der Waals surface area contributed by atoms with Crippen LogP contribution in [0.15, 0.2) is 0 Å². The van der Waals surface area contributed by atoms with Crippen LogP contribution in [0.1, 0.15) is 19.2 Å². The zero-order chi connectivity index (χ0) is 5.82. The Bertz CT molecular complexity index is 133. The maximum absolute atomic E-state index is 3.81. The third-order valence-electron chi connectivity index (χ3n) is 0.907. The molecule has 0 aliphatic rings. The van der Waals surface area contributed by atoms with Gasteiger partial charge < -0.3 is 0 Å². The summed E-state index contributed by atoms with van der Waals surface area (Å²) in [6.07, 6.45) is 4.53. The quantitative estimate of drug-likeness (QED) is 0.604. The number of rotatable bonds is 2. The van der Waals surface area contributed by atoms with Gasteiger partial charge in [0.15, 0.2) is 0 Å². The second-order valence-corrected chi connectivity index (χ2v) is 1.63. The molecule has 0 saturated heterocycles. The van der Waals surface area contributed by atoms with E-state index in [0.29, 0.717) is 0 Å². The van der Waals surface area contributed by atoms with Crippen LogP contribution < -0.4 is 0 Å². The lowest BCUT2D eigenvalue weighted by Crippen LogP contribution is -1.84. The Balaban J connectivity index is 2.50. The number of aryl methyl sites for hydroxylation is 1. The lowest BCUT2D eigenvalue weighted by molar-refractivity contribution is 0.841. The first-order valence-corrected chi connectivity index (χ1v) is 2.71. The number of hydrogen-bond donors (Lipinski definition) is 1. The molecule has 3 heteroatoms. The predicted molar refractivity (Wildman–Crippen MR) is 29.2 cm³/mol. The van der Waals surface area contributed by atoms with Crippen LogP contribution in [0.5, 0.6) is 0 Å². The van der Waals surface area contributed by atoms with Crippen LogP contribution in [0, 0.1) is 6.33 Å². The zero-order valence-corrected chi connectivity index (χ0v) is 4.81. The fraction of sp³-hybridized carbons (Fsp3) is 0.600. The number of aromatic amines is 1. The van der Waals surface area contributed by atoms with E-state index in [2.05, 4.69) is 28.4 Å². The maximum Gasteiger partial charge on any atom is 0.220 e. The van der Waals surface area contributed by atoms with E-state index in [-0.39, 0.29) is 0 Å². The molecule has 0 atom stereocenters. The molecule has 0 amide bonds. The summed E-state index contributed by atoms with van der Waals surface area (Å²) < 4.78 is 0. The van der Waals surface area contributed by atoms with Crippen molar-refractivity contribution in [2.24, 2.45) is 0 Å². The molecule has 8 heavy (non-hydrogen) atoms. The molecule has 0 aliphatic carbocycles. The molecule has 0 fully saturated rings. The second-order valence-electron chi connectivity index (χ2n) is 1.63. The van der Waals surface area contributed by atoms with E-state index in [9.17, 15) is 0 Å². The van der Waals surface area contributed by atoms with Crippen molar-refractivity contribution in [2.45, 2.75) is 19.8 Å². The molecule has 1 aromatic heterocycles. The standard InChI is InChI=1S/C5H8N3/c1-2-3-5-6-4-7-8-5/h2-3H2,1H3,(H,6,7,8). The van der Waals surface area contributed by atoms with E-state index >= 15 is 0 Å². The van der Waals surface area contributed by atoms with Crippen LogP contribution in [0.3, 0.4) is 0 Å². The summed E-state index contributed by atoms with van der Waals surface area (Å²) in [5.41, 5.74) is 0. The molecule has 0 bridgehead atoms. The maximum atomic E-state index is 3.81. The van der Waals surface area contributed by atoms with Crippen LogP contribution in [0.25, 0.3) is 0 Å². The molecular weight excluding hydrogens is 102 g/mol. The fourth-order valence-corrected chi connectivity index (χ4v) is 0.548. The highest BCUT2D eigenvalue weighted by Crippen LogP contribution is 1.89. The lowest BCUT2D eigenvalue weighted by Gasteiger charge is -1.84. The normalized spacial score (nSPS) is 9.62. The largest absolute Gasteiger partial charge is 0.263 e. The number of H-pyrrole nitrogens is 1. The van der Waals surface area contributed by atoms with Gasteiger partial charge in [-0.25, -0.2) is 4.98 Å². The summed E-state index contributed by atoms with van der Waals surface area (Å²) in [5, 5.41) is 6.30. The molecule has 1 aromatic rings. The van der Waals surface area contributed by atoms with Crippen molar-refractivity contribution in [3.63, 3.8) is 0 Å². The Morgan fingerprint density at radius 1 is 1.75 bits per heavy atom. The van der Waals surface area contributed by atoms with Gasteiger partial charge in [-0.05, 0) is 6.42 Å². The SMILES string of the molecule is CCCc1n[c]n[nH]1. The average Bonchev–Trinajstić information content (AvgIpc) is 2.19. The number of aromatic nitrogens is 3. The highest BCUT2D eigenvalue weighted by atomic mass is 15.2. The third-order valence-corrected chi connectivity index (χ3v) is 0.907. The van der Waals surface area contributed by atoms with Crippen LogP contribution in [0.2, 0.25) is 0 Å². The van der Waals surface area contributed by atoms with E-state index in [1.807, 2.05) is 0 Å². The second kappa shape index (κ2) is 2.45. The van der Waals surface area contributed by atoms with Crippen LogP contribution >= 0.6 is 0 Å². The van der Waals surface area contributed by atoms with Gasteiger partial charge in [-0.1, -0.05) is 6.92 Å². The Morgan fingerprint density at radius 2 is 2.62 bits per heavy atom. The minimum Gasteiger partial charge on any atom is -0.263 e. The van der Waals surface area contributed by atoms with Gasteiger partial charge in [-0.15, -0.1) is 5.10 Å². The van der Waals surface area contributed by atoms with Crippen molar-refractivity contribution in [2.75, 3.05) is 0 Å². The molecule has 0 spiro atoms. The number of hydrogen-bond acceptors (Lipinski definition) is 2. The minimum absolute atomic E-state index is 0.924. The van der Waals surface area contributed by atoms with Crippen molar-refractivity contribution in [3.05, 3.63) is 12.2 Å². The molecule has 43 valence electrons. The van der Waals surface area contributed by atoms with Gasteiger partial charge >= 0.3 is 0 Å². The molecule has 1 rings (SSSR count). The van der Waals surface area contributed by atoms with Gasteiger partial charge in [0.25, 0.3) is 0 Å². The molecule has 0 unspecified atom stereocenters. The Kier molecular flexibility index (Phi) is 1.62. The van der Waals surface area contributed by atoms with Gasteiger partial charge in [0.1, 0.15) is 5.82 Å². The van der Waals surface area contributed by atoms with Gasteiger partial charge in [0.05, 0.1) is 0 Å². The molecule has 0 aromatic carbocycles. The molecule has 0 saturated carbocycles. The van der Waals surface area contributed by atoms with Gasteiger partial charge in [-0.2, -0.15) is 0 Å². The average molecular weight is 110 g/mol. The van der Waals surface area contributed by atoms with Crippen molar-refractivity contribution in [1.82, 2.24) is 15.2 Å². The van der Waals surface area contributed by atoms with Gasteiger partial charge in [0.2, 0.25) is 6.33 Å². The molecule has 1 radical (unpaired) electrons. The smallest absolute Gasteiger partial charge is 0.220 e. The Hall–Kier alpha value is -0.860. The van der Waals surface area contributed by atoms with Crippen molar-refractivity contribution in [1.29, 1.82) is 0 Å². The van der Waals surface area contributed by atoms with E-state index in [1.54, 1.807) is 0 Å². The zero-order valence-electron chi connectivity index (χ0n) is 4.81. The fourth-order valence-electron chi connectivity index (χ4n) is 0.548. The summed E-state index contributed by atoms with van der Waals surface area (Å²) >= 11 is 0. The van der Waals surface area contributed by atoms with Gasteiger partial charge in [0, 0.05) is 6.42 Å². The first kappa shape index (κ1) is 5.28. The van der Waals surface area contributed by atoms with E-state index in [4.69, 9.17) is 0 Å². The van der Waals surface area contributed by atoms with Crippen LogP contribution in [-0.2, 0) is 6.42 Å². The summed E-state index contributed by atoms with van der Waals surface area (Å²) in [7, 11) is 0. The van der Waals surface area contributed by atoms with E-state index in [1.165, 1.54) is 0 Å². The third kappa shape index (κ3) is 1.05. The monoisotopic (exact) mass is 110 g/mol. The van der Waals surface area contributed by atoms with Crippen LogP contribution in [-0.4, -0.2) is 15.2 Å². The first-order valence-electron chi connectivity index (χ1n) is 2.71. The summed E-state index contributed by atoms with van der Waals surface area (Å²) in [5.74, 6) is 0.924. The summed E-state index contributed by atoms with van der Waals surface area (Å²) in [6, 6.07) is 0. The van der Waals surface area contributed by atoms with Crippen LogP contribution in [0.4, 0.5) is 0 Å². The minimum atomic E-state index is 0.924. The van der Waals surface area contributed by atoms with E-state index in [0.717, 1.165) is 18.7 Å². The number of nitrogens with one attached hydrogen (secondary N) is 1. The molecular formula is C5H8N3. The summed E-state index contributed by atoms with van der Waals surface area (Å²) in [6.45, 7) is 2.10. The highest BCUT2D eigenvalue weighted by Gasteiger charge is 1.89. The first-order chi connectivity index (χ1) is 3.93. The Morgan fingerprint density at radius 3 is 3.12 bits per heavy atom. The lowest BCUT2D eigenvalue weighted by atomic mass is 10.3. The summed E-state index contributed by atoms with van der Waals surface area (Å²) in [4.78, 5) is 3.81. The highest BCUT2D eigenvalue weighted by molar-refractivity contribution is 4.77. The number of nitrogens with zero attached hydrogens (tertiary/aromatic N) is 2. The molecule has 1 heterocycles. The molecule has 3 nitrogen and oxygen atoms in total. The van der Waals surface area contributed by atoms with Crippen molar-refractivity contribution >= 4 is 0 Å². The molecule has 0 aliphatic heterocycles. The predicted octanol–water partition coefficient (Wildman–Crippen LogP) is 0.557. The van der Waals surface area contributed by atoms with Crippen molar-refractivity contribution in [3.8, 4) is 0 Å². The topological polar surface area (TPSA) is 41.6 Å².